The Bertz CT molecular complexity index is 1390. The van der Waals surface area contributed by atoms with Crippen molar-refractivity contribution in [2.24, 2.45) is 7.05 Å². The lowest BCUT2D eigenvalue weighted by Crippen LogP contribution is -2.29. The van der Waals surface area contributed by atoms with Crippen molar-refractivity contribution in [3.63, 3.8) is 0 Å². The largest absolute Gasteiger partial charge is 0.466 e. The highest BCUT2D eigenvalue weighted by atomic mass is 19.1. The van der Waals surface area contributed by atoms with Crippen molar-refractivity contribution in [2.75, 3.05) is 13.7 Å². The summed E-state index contributed by atoms with van der Waals surface area (Å²) in [4.78, 5) is 17.2. The van der Waals surface area contributed by atoms with Crippen LogP contribution in [0.5, 0.6) is 0 Å². The van der Waals surface area contributed by atoms with E-state index in [1.165, 1.54) is 41.5 Å². The molecule has 0 radical (unpaired) electrons. The van der Waals surface area contributed by atoms with E-state index in [0.717, 1.165) is 48.8 Å². The molecule has 5 rings (SSSR count). The fraction of sp³-hybridized carbons (Fsp3) is 0.286. The lowest BCUT2D eigenvalue weighted by Gasteiger charge is -2.29. The van der Waals surface area contributed by atoms with E-state index < -0.39 is 0 Å². The normalized spacial score (nSPS) is 15.4. The quantitative estimate of drug-likeness (QED) is 0.291. The zero-order chi connectivity index (χ0) is 24.4. The summed E-state index contributed by atoms with van der Waals surface area (Å²) in [5, 5.41) is 5.43. The van der Waals surface area contributed by atoms with E-state index in [0.29, 0.717) is 6.04 Å². The summed E-state index contributed by atoms with van der Waals surface area (Å²) in [6, 6.07) is 11.6. The molecule has 1 aliphatic carbocycles. The van der Waals surface area contributed by atoms with Crippen LogP contribution in [0.4, 0.5) is 4.39 Å². The minimum atomic E-state index is -0.356. The molecule has 2 heterocycles. The number of carbonyl (C=O) groups excluding carboxylic acids is 1. The molecule has 0 bridgehead atoms. The highest BCUT2D eigenvalue weighted by Crippen LogP contribution is 2.37. The molecule has 1 unspecified atom stereocenters. The smallest absolute Gasteiger partial charge is 0.330 e. The number of nitrogens with zero attached hydrogens (tertiary/aromatic N) is 3. The fourth-order valence-electron chi connectivity index (χ4n) is 5.09. The zero-order valence-corrected chi connectivity index (χ0v) is 20.0. The van der Waals surface area contributed by atoms with Gasteiger partial charge in [0.15, 0.2) is 0 Å². The van der Waals surface area contributed by atoms with Gasteiger partial charge in [-0.05, 0) is 65.8 Å². The van der Waals surface area contributed by atoms with Gasteiger partial charge < -0.3 is 9.72 Å². The van der Waals surface area contributed by atoms with Gasteiger partial charge in [-0.3, -0.25) is 9.58 Å². The zero-order valence-electron chi connectivity index (χ0n) is 20.0. The molecule has 0 spiro atoms. The molecule has 35 heavy (non-hydrogen) atoms. The first kappa shape index (κ1) is 23.1. The molecule has 180 valence electrons. The molecule has 2 aromatic heterocycles. The Kier molecular flexibility index (Phi) is 6.51. The molecular formula is C28H29FN4O2. The second kappa shape index (κ2) is 9.88. The van der Waals surface area contributed by atoms with E-state index in [2.05, 4.69) is 39.4 Å². The molecule has 0 saturated carbocycles. The van der Waals surface area contributed by atoms with Gasteiger partial charge >= 0.3 is 5.97 Å². The molecule has 1 aliphatic rings. The van der Waals surface area contributed by atoms with Crippen LogP contribution in [0.2, 0.25) is 0 Å². The van der Waals surface area contributed by atoms with Crippen molar-refractivity contribution in [1.82, 2.24) is 19.7 Å². The van der Waals surface area contributed by atoms with Crippen LogP contribution in [0.1, 0.15) is 40.3 Å². The number of H-pyrrole nitrogens is 1. The van der Waals surface area contributed by atoms with Crippen LogP contribution in [0.15, 0.2) is 61.1 Å². The summed E-state index contributed by atoms with van der Waals surface area (Å²) in [6.07, 6.45) is 12.1. The van der Waals surface area contributed by atoms with Gasteiger partial charge in [0.25, 0.3) is 0 Å². The third kappa shape index (κ3) is 5.05. The van der Waals surface area contributed by atoms with Gasteiger partial charge in [0.1, 0.15) is 5.82 Å². The van der Waals surface area contributed by atoms with E-state index in [9.17, 15) is 9.18 Å². The molecule has 2 aromatic carbocycles. The summed E-state index contributed by atoms with van der Waals surface area (Å²) in [6.45, 7) is 1.67. The molecule has 7 heteroatoms. The number of hydrogen-bond acceptors (Lipinski definition) is 4. The van der Waals surface area contributed by atoms with E-state index in [1.807, 2.05) is 30.2 Å². The van der Waals surface area contributed by atoms with Crippen LogP contribution in [0.3, 0.4) is 0 Å². The maximum absolute atomic E-state index is 13.6. The van der Waals surface area contributed by atoms with Crippen LogP contribution >= 0.6 is 0 Å². The summed E-state index contributed by atoms with van der Waals surface area (Å²) in [5.41, 5.74) is 6.86. The van der Waals surface area contributed by atoms with Crippen LogP contribution < -0.4 is 0 Å². The first-order valence-electron chi connectivity index (χ1n) is 11.9. The molecule has 0 fully saturated rings. The van der Waals surface area contributed by atoms with E-state index >= 15 is 0 Å². The van der Waals surface area contributed by atoms with Gasteiger partial charge in [0.05, 0.1) is 13.3 Å². The highest BCUT2D eigenvalue weighted by molar-refractivity contribution is 5.87. The van der Waals surface area contributed by atoms with E-state index in [-0.39, 0.29) is 11.8 Å². The summed E-state index contributed by atoms with van der Waals surface area (Å²) in [5.74, 6) is -0.585. The van der Waals surface area contributed by atoms with Gasteiger partial charge in [0.2, 0.25) is 0 Å². The van der Waals surface area contributed by atoms with Crippen molar-refractivity contribution in [3.05, 3.63) is 94.7 Å². The number of benzene rings is 2. The minimum Gasteiger partial charge on any atom is -0.466 e. The van der Waals surface area contributed by atoms with Gasteiger partial charge in [-0.2, -0.15) is 5.10 Å². The number of aromatic amines is 1. The summed E-state index contributed by atoms with van der Waals surface area (Å²) >= 11 is 0. The topological polar surface area (TPSA) is 63.1 Å². The Morgan fingerprint density at radius 3 is 3.00 bits per heavy atom. The number of hydrogen-bond donors (Lipinski definition) is 1. The number of methoxy groups -OCH3 is 1. The average Bonchev–Trinajstić information content (AvgIpc) is 3.58. The standard InChI is InChI=1S/C28H29FN4O2/c1-32-17-20(15-31-32)18-33(12-11-22-16-30-26-14-23(29)6-8-24(22)26)27-9-5-21-13-19(3-7-25(21)27)4-10-28(34)35-2/h3-4,6-8,10,13-17,27,30H,5,9,11-12,18H2,1-2H3. The minimum absolute atomic E-state index is 0.229. The van der Waals surface area contributed by atoms with Gasteiger partial charge in [-0.15, -0.1) is 0 Å². The first-order chi connectivity index (χ1) is 17.0. The number of aromatic nitrogens is 3. The second-order valence-corrected chi connectivity index (χ2v) is 9.12. The van der Waals surface area contributed by atoms with Gasteiger partial charge in [-0.25, -0.2) is 9.18 Å². The van der Waals surface area contributed by atoms with Crippen molar-refractivity contribution in [1.29, 1.82) is 0 Å². The Hall–Kier alpha value is -3.71. The number of halogens is 1. The van der Waals surface area contributed by atoms with Gasteiger partial charge in [-0.1, -0.05) is 18.2 Å². The van der Waals surface area contributed by atoms with Crippen LogP contribution in [0, 0.1) is 5.82 Å². The summed E-state index contributed by atoms with van der Waals surface area (Å²) in [7, 11) is 3.32. The number of ether oxygens (including phenoxy) is 1. The predicted octanol–water partition coefficient (Wildman–Crippen LogP) is 4.96. The van der Waals surface area contributed by atoms with Crippen molar-refractivity contribution in [3.8, 4) is 0 Å². The SMILES string of the molecule is COC(=O)C=Cc1ccc2c(c1)CCC2N(CCc1c[nH]c2cc(F)ccc12)Cc1cnn(C)c1. The lowest BCUT2D eigenvalue weighted by molar-refractivity contribution is -0.134. The molecule has 0 saturated heterocycles. The number of aryl methyl sites for hydroxylation is 2. The number of fused-ring (bicyclic) bond motifs is 2. The molecule has 0 aliphatic heterocycles. The molecule has 1 atom stereocenters. The first-order valence-corrected chi connectivity index (χ1v) is 11.9. The number of carbonyl (C=O) groups is 1. The van der Waals surface area contributed by atoms with E-state index in [1.54, 1.807) is 12.1 Å². The van der Waals surface area contributed by atoms with E-state index in [4.69, 9.17) is 4.74 Å². The Morgan fingerprint density at radius 2 is 2.20 bits per heavy atom. The third-order valence-electron chi connectivity index (χ3n) is 6.81. The Morgan fingerprint density at radius 1 is 1.31 bits per heavy atom. The third-order valence-corrected chi connectivity index (χ3v) is 6.81. The average molecular weight is 473 g/mol. The lowest BCUT2D eigenvalue weighted by atomic mass is 10.0. The van der Waals surface area contributed by atoms with Crippen molar-refractivity contribution < 1.29 is 13.9 Å². The van der Waals surface area contributed by atoms with Crippen LogP contribution in [-0.2, 0) is 36.0 Å². The van der Waals surface area contributed by atoms with Crippen molar-refractivity contribution >= 4 is 22.9 Å². The molecule has 0 amide bonds. The number of esters is 1. The number of rotatable bonds is 8. The maximum atomic E-state index is 13.6. The van der Waals surface area contributed by atoms with Crippen LogP contribution in [-0.4, -0.2) is 39.3 Å². The second-order valence-electron chi connectivity index (χ2n) is 9.12. The predicted molar refractivity (Wildman–Crippen MR) is 134 cm³/mol. The number of nitrogens with one attached hydrogen (secondary N) is 1. The van der Waals surface area contributed by atoms with Gasteiger partial charge in [0, 0.05) is 61.1 Å². The molecule has 1 N–H and O–H groups in total. The molecule has 6 nitrogen and oxygen atoms in total. The Labute approximate surface area is 204 Å². The fourth-order valence-corrected chi connectivity index (χ4v) is 5.09. The maximum Gasteiger partial charge on any atom is 0.330 e. The highest BCUT2D eigenvalue weighted by Gasteiger charge is 2.28. The monoisotopic (exact) mass is 472 g/mol. The molecule has 4 aromatic rings. The molecular weight excluding hydrogens is 443 g/mol. The Balaban J connectivity index is 1.38. The summed E-state index contributed by atoms with van der Waals surface area (Å²) < 4.78 is 20.2. The van der Waals surface area contributed by atoms with Crippen LogP contribution in [0.25, 0.3) is 17.0 Å². The van der Waals surface area contributed by atoms with Crippen molar-refractivity contribution in [2.45, 2.75) is 31.8 Å².